The van der Waals surface area contributed by atoms with Gasteiger partial charge in [-0.2, -0.15) is 0 Å². The largest absolute Gasteiger partial charge is 0.495 e. The van der Waals surface area contributed by atoms with Crippen LogP contribution in [0.25, 0.3) is 10.9 Å². The van der Waals surface area contributed by atoms with Crippen molar-refractivity contribution < 1.29 is 4.74 Å². The third-order valence-corrected chi connectivity index (χ3v) is 3.15. The van der Waals surface area contributed by atoms with Crippen LogP contribution < -0.4 is 10.5 Å². The van der Waals surface area contributed by atoms with Crippen molar-refractivity contribution >= 4 is 22.5 Å². The number of rotatable bonds is 3. The molecule has 0 aliphatic rings. The summed E-state index contributed by atoms with van der Waals surface area (Å²) in [4.78, 5) is 3.29. The number of H-pyrrole nitrogens is 1. The van der Waals surface area contributed by atoms with Crippen LogP contribution in [0.4, 0.5) is 0 Å². The van der Waals surface area contributed by atoms with E-state index in [9.17, 15) is 0 Å². The van der Waals surface area contributed by atoms with Crippen molar-refractivity contribution in [2.24, 2.45) is 5.73 Å². The van der Waals surface area contributed by atoms with Gasteiger partial charge in [-0.1, -0.05) is 18.5 Å². The monoisotopic (exact) mass is 238 g/mol. The summed E-state index contributed by atoms with van der Waals surface area (Å²) in [6.45, 7) is 2.58. The second-order valence-electron chi connectivity index (χ2n) is 3.64. The number of hydrogen-bond donors (Lipinski definition) is 2. The first-order valence-electron chi connectivity index (χ1n) is 5.28. The van der Waals surface area contributed by atoms with Crippen molar-refractivity contribution in [2.75, 3.05) is 7.11 Å². The SMILES string of the molecule is CCc1c(CN)[nH]c2c(OC)ccc(Cl)c12. The highest BCUT2D eigenvalue weighted by molar-refractivity contribution is 6.36. The van der Waals surface area contributed by atoms with Crippen LogP contribution in [0, 0.1) is 0 Å². The standard InChI is InChI=1S/C12H15ClN2O/c1-3-7-9(6-14)15-12-10(16-2)5-4-8(13)11(7)12/h4-5,15H,3,6,14H2,1-2H3. The molecule has 0 saturated carbocycles. The zero-order valence-corrected chi connectivity index (χ0v) is 10.2. The molecule has 0 aliphatic carbocycles. The van der Waals surface area contributed by atoms with E-state index in [1.54, 1.807) is 7.11 Å². The van der Waals surface area contributed by atoms with Crippen LogP contribution in [0.15, 0.2) is 12.1 Å². The van der Waals surface area contributed by atoms with Crippen molar-refractivity contribution in [1.82, 2.24) is 4.98 Å². The molecule has 0 spiro atoms. The molecule has 16 heavy (non-hydrogen) atoms. The average Bonchev–Trinajstić information content (AvgIpc) is 2.69. The van der Waals surface area contributed by atoms with E-state index in [2.05, 4.69) is 11.9 Å². The maximum atomic E-state index is 6.22. The van der Waals surface area contributed by atoms with Gasteiger partial charge in [0.1, 0.15) is 5.75 Å². The van der Waals surface area contributed by atoms with E-state index in [1.807, 2.05) is 12.1 Å². The zero-order valence-electron chi connectivity index (χ0n) is 9.43. The first-order valence-corrected chi connectivity index (χ1v) is 5.66. The Labute approximate surface area is 99.5 Å². The maximum Gasteiger partial charge on any atom is 0.143 e. The maximum absolute atomic E-state index is 6.22. The molecule has 0 fully saturated rings. The summed E-state index contributed by atoms with van der Waals surface area (Å²) in [7, 11) is 1.65. The van der Waals surface area contributed by atoms with Crippen LogP contribution in [0.2, 0.25) is 5.02 Å². The highest BCUT2D eigenvalue weighted by Gasteiger charge is 2.14. The fourth-order valence-corrected chi connectivity index (χ4v) is 2.36. The van der Waals surface area contributed by atoms with E-state index in [0.29, 0.717) is 6.54 Å². The van der Waals surface area contributed by atoms with Crippen molar-refractivity contribution in [3.05, 3.63) is 28.4 Å². The Morgan fingerprint density at radius 2 is 2.19 bits per heavy atom. The fourth-order valence-electron chi connectivity index (χ4n) is 2.09. The zero-order chi connectivity index (χ0) is 11.7. The molecule has 0 radical (unpaired) electrons. The van der Waals surface area contributed by atoms with Crippen LogP contribution >= 0.6 is 11.6 Å². The molecule has 0 atom stereocenters. The predicted octanol–water partition coefficient (Wildman–Crippen LogP) is 2.85. The Hall–Kier alpha value is -1.19. The molecular formula is C12H15ClN2O. The van der Waals surface area contributed by atoms with E-state index in [4.69, 9.17) is 22.1 Å². The highest BCUT2D eigenvalue weighted by Crippen LogP contribution is 2.35. The number of aromatic amines is 1. The Kier molecular flexibility index (Phi) is 3.08. The summed E-state index contributed by atoms with van der Waals surface area (Å²) in [5.74, 6) is 0.800. The number of benzene rings is 1. The molecule has 0 saturated heterocycles. The van der Waals surface area contributed by atoms with Gasteiger partial charge in [-0.15, -0.1) is 0 Å². The van der Waals surface area contributed by atoms with Crippen molar-refractivity contribution in [3.63, 3.8) is 0 Å². The van der Waals surface area contributed by atoms with Crippen molar-refractivity contribution in [1.29, 1.82) is 0 Å². The molecule has 1 aromatic heterocycles. The summed E-state index contributed by atoms with van der Waals surface area (Å²) in [5, 5.41) is 1.77. The number of nitrogens with two attached hydrogens (primary N) is 1. The summed E-state index contributed by atoms with van der Waals surface area (Å²) in [6.07, 6.45) is 0.902. The van der Waals surface area contributed by atoms with Gasteiger partial charge in [0, 0.05) is 17.6 Å². The molecule has 0 amide bonds. The lowest BCUT2D eigenvalue weighted by atomic mass is 10.1. The molecule has 0 unspecified atom stereocenters. The summed E-state index contributed by atoms with van der Waals surface area (Å²) in [6, 6.07) is 3.72. The summed E-state index contributed by atoms with van der Waals surface area (Å²) < 4.78 is 5.31. The molecule has 0 bridgehead atoms. The molecule has 3 N–H and O–H groups in total. The lowest BCUT2D eigenvalue weighted by Gasteiger charge is -2.03. The van der Waals surface area contributed by atoms with Crippen LogP contribution in [0.1, 0.15) is 18.2 Å². The Morgan fingerprint density at radius 3 is 2.75 bits per heavy atom. The van der Waals surface area contributed by atoms with Crippen molar-refractivity contribution in [2.45, 2.75) is 19.9 Å². The molecule has 1 aromatic carbocycles. The predicted molar refractivity (Wildman–Crippen MR) is 67.1 cm³/mol. The normalized spacial score (nSPS) is 11.0. The third kappa shape index (κ3) is 1.56. The van der Waals surface area contributed by atoms with Gasteiger partial charge in [0.2, 0.25) is 0 Å². The van der Waals surface area contributed by atoms with Crippen LogP contribution in [-0.2, 0) is 13.0 Å². The fraction of sp³-hybridized carbons (Fsp3) is 0.333. The number of fused-ring (bicyclic) bond motifs is 1. The van der Waals surface area contributed by atoms with Gasteiger partial charge in [0.05, 0.1) is 17.6 Å². The number of methoxy groups -OCH3 is 1. The van der Waals surface area contributed by atoms with Gasteiger partial charge in [-0.05, 0) is 24.1 Å². The number of hydrogen-bond acceptors (Lipinski definition) is 2. The van der Waals surface area contributed by atoms with E-state index < -0.39 is 0 Å². The summed E-state index contributed by atoms with van der Waals surface area (Å²) >= 11 is 6.22. The number of nitrogens with one attached hydrogen (secondary N) is 1. The van der Waals surface area contributed by atoms with Crippen LogP contribution in [0.5, 0.6) is 5.75 Å². The second-order valence-corrected chi connectivity index (χ2v) is 4.05. The van der Waals surface area contributed by atoms with Crippen LogP contribution in [-0.4, -0.2) is 12.1 Å². The van der Waals surface area contributed by atoms with Crippen LogP contribution in [0.3, 0.4) is 0 Å². The minimum Gasteiger partial charge on any atom is -0.495 e. The number of aromatic nitrogens is 1. The van der Waals surface area contributed by atoms with Gasteiger partial charge in [-0.25, -0.2) is 0 Å². The first-order chi connectivity index (χ1) is 7.72. The molecule has 3 nitrogen and oxygen atoms in total. The number of aryl methyl sites for hydroxylation is 1. The van der Waals surface area contributed by atoms with Gasteiger partial charge >= 0.3 is 0 Å². The Bertz CT molecular complexity index is 519. The number of ether oxygens (including phenoxy) is 1. The first kappa shape index (κ1) is 11.3. The lowest BCUT2D eigenvalue weighted by Crippen LogP contribution is -1.99. The smallest absolute Gasteiger partial charge is 0.143 e. The quantitative estimate of drug-likeness (QED) is 0.864. The molecule has 86 valence electrons. The van der Waals surface area contributed by atoms with Gasteiger partial charge < -0.3 is 15.5 Å². The van der Waals surface area contributed by atoms with Gasteiger partial charge in [0.25, 0.3) is 0 Å². The molecule has 0 aliphatic heterocycles. The minimum absolute atomic E-state index is 0.483. The summed E-state index contributed by atoms with van der Waals surface area (Å²) in [5.41, 5.74) is 8.87. The van der Waals surface area contributed by atoms with Crippen molar-refractivity contribution in [3.8, 4) is 5.75 Å². The topological polar surface area (TPSA) is 51.0 Å². The Balaban J connectivity index is 2.84. The minimum atomic E-state index is 0.483. The molecule has 4 heteroatoms. The van der Waals surface area contributed by atoms with E-state index in [1.165, 1.54) is 5.56 Å². The molecule has 2 aromatic rings. The van der Waals surface area contributed by atoms with E-state index >= 15 is 0 Å². The lowest BCUT2D eigenvalue weighted by molar-refractivity contribution is 0.419. The number of halogens is 1. The molecular weight excluding hydrogens is 224 g/mol. The highest BCUT2D eigenvalue weighted by atomic mass is 35.5. The van der Waals surface area contributed by atoms with E-state index in [-0.39, 0.29) is 0 Å². The third-order valence-electron chi connectivity index (χ3n) is 2.84. The average molecular weight is 239 g/mol. The van der Waals surface area contributed by atoms with Gasteiger partial charge in [0.15, 0.2) is 0 Å². The van der Waals surface area contributed by atoms with E-state index in [0.717, 1.165) is 33.8 Å². The Morgan fingerprint density at radius 1 is 1.44 bits per heavy atom. The molecule has 2 rings (SSSR count). The molecule has 1 heterocycles. The van der Waals surface area contributed by atoms with Gasteiger partial charge in [-0.3, -0.25) is 0 Å². The second kappa shape index (κ2) is 4.36.